The van der Waals surface area contributed by atoms with Crippen LogP contribution in [0.3, 0.4) is 0 Å². The Balaban J connectivity index is 1.33. The van der Waals surface area contributed by atoms with Crippen LogP contribution in [-0.2, 0) is 0 Å². The highest BCUT2D eigenvalue weighted by Crippen LogP contribution is 2.61. The maximum atomic E-state index is 15.1. The van der Waals surface area contributed by atoms with Gasteiger partial charge in [-0.05, 0) is 105 Å². The van der Waals surface area contributed by atoms with Crippen molar-refractivity contribution in [3.63, 3.8) is 0 Å². The summed E-state index contributed by atoms with van der Waals surface area (Å²) >= 11 is 0. The van der Waals surface area contributed by atoms with Crippen molar-refractivity contribution in [2.24, 2.45) is 23.2 Å². The molecule has 0 atom stereocenters. The van der Waals surface area contributed by atoms with Gasteiger partial charge < -0.3 is 4.90 Å². The fourth-order valence-corrected chi connectivity index (χ4v) is 8.49. The minimum absolute atomic E-state index is 0.0183. The summed E-state index contributed by atoms with van der Waals surface area (Å²) < 4.78 is 30.3. The molecule has 1 aromatic carbocycles. The van der Waals surface area contributed by atoms with E-state index < -0.39 is 11.6 Å². The van der Waals surface area contributed by atoms with Gasteiger partial charge in [0.15, 0.2) is 11.4 Å². The molecule has 1 aliphatic heterocycles. The average molecular weight is 518 g/mol. The molecule has 0 spiro atoms. The third-order valence-corrected chi connectivity index (χ3v) is 9.69. The Morgan fingerprint density at radius 1 is 0.947 bits per heavy atom. The molecule has 2 aromatic heterocycles. The first-order chi connectivity index (χ1) is 18.4. The number of piperidine rings is 1. The Hall–Kier alpha value is -3.09. The Bertz CT molecular complexity index is 1460. The number of fused-ring (bicyclic) bond motifs is 1. The van der Waals surface area contributed by atoms with Crippen LogP contribution in [0, 0.1) is 34.8 Å². The van der Waals surface area contributed by atoms with Gasteiger partial charge in [-0.25, -0.2) is 13.8 Å². The molecule has 7 heteroatoms. The van der Waals surface area contributed by atoms with Crippen LogP contribution in [0.4, 0.5) is 14.6 Å². The smallest absolute Gasteiger partial charge is 0.201 e. The van der Waals surface area contributed by atoms with Crippen LogP contribution in [0.25, 0.3) is 16.7 Å². The van der Waals surface area contributed by atoms with Crippen molar-refractivity contribution in [3.8, 4) is 5.69 Å². The third kappa shape index (κ3) is 4.05. The zero-order valence-corrected chi connectivity index (χ0v) is 21.6. The highest BCUT2D eigenvalue weighted by Gasteiger charge is 2.51. The Morgan fingerprint density at radius 2 is 1.63 bits per heavy atom. The SMILES string of the molecule is O=C(CC12CC3CC(CC(C3)C1)C2)c1cn(-c2ccc(F)cc2F)c2nc(N3CCCCC3)ccc2c1=O. The first kappa shape index (κ1) is 24.0. The molecule has 5 fully saturated rings. The number of hydrogen-bond acceptors (Lipinski definition) is 4. The Morgan fingerprint density at radius 3 is 2.29 bits per heavy atom. The number of hydrogen-bond donors (Lipinski definition) is 0. The van der Waals surface area contributed by atoms with Gasteiger partial charge in [-0.15, -0.1) is 0 Å². The molecule has 8 rings (SSSR count). The van der Waals surface area contributed by atoms with Crippen molar-refractivity contribution in [1.29, 1.82) is 0 Å². The molecule has 198 valence electrons. The molecule has 4 bridgehead atoms. The van der Waals surface area contributed by atoms with Crippen LogP contribution in [0.15, 0.2) is 41.3 Å². The summed E-state index contributed by atoms with van der Waals surface area (Å²) in [7, 11) is 0. The number of ketones is 1. The number of carbonyl (C=O) groups excluding carboxylic acids is 1. The van der Waals surface area contributed by atoms with E-state index >= 15 is 4.39 Å². The number of Topliss-reactive ketones (excluding diaryl/α,β-unsaturated/α-hetero) is 1. The zero-order valence-electron chi connectivity index (χ0n) is 21.6. The summed E-state index contributed by atoms with van der Waals surface area (Å²) in [5.41, 5.74) is 0.0596. The molecule has 5 aliphatic rings. The van der Waals surface area contributed by atoms with E-state index in [-0.39, 0.29) is 38.9 Å². The maximum absolute atomic E-state index is 15.1. The van der Waals surface area contributed by atoms with E-state index in [1.165, 1.54) is 48.6 Å². The minimum Gasteiger partial charge on any atom is -0.357 e. The highest BCUT2D eigenvalue weighted by molar-refractivity contribution is 5.99. The topological polar surface area (TPSA) is 55.2 Å². The molecule has 5 nitrogen and oxygen atoms in total. The number of nitrogens with zero attached hydrogens (tertiary/aromatic N) is 3. The largest absolute Gasteiger partial charge is 0.357 e. The number of rotatable bonds is 5. The molecule has 1 saturated heterocycles. The summed E-state index contributed by atoms with van der Waals surface area (Å²) in [5.74, 6) is 1.21. The molecule has 3 aromatic rings. The van der Waals surface area contributed by atoms with Crippen molar-refractivity contribution in [2.45, 2.75) is 64.2 Å². The van der Waals surface area contributed by atoms with E-state index in [0.29, 0.717) is 24.2 Å². The van der Waals surface area contributed by atoms with E-state index in [2.05, 4.69) is 4.90 Å². The first-order valence-corrected chi connectivity index (χ1v) is 14.2. The molecule has 4 saturated carbocycles. The zero-order chi connectivity index (χ0) is 26.0. The fourth-order valence-electron chi connectivity index (χ4n) is 8.49. The number of anilines is 1. The number of benzene rings is 1. The van der Waals surface area contributed by atoms with Crippen LogP contribution >= 0.6 is 0 Å². The molecular weight excluding hydrogens is 484 g/mol. The number of carbonyl (C=O) groups is 1. The van der Waals surface area contributed by atoms with Gasteiger partial charge in [0.25, 0.3) is 0 Å². The van der Waals surface area contributed by atoms with Crippen LogP contribution < -0.4 is 10.3 Å². The quantitative estimate of drug-likeness (QED) is 0.365. The number of halogens is 2. The molecule has 38 heavy (non-hydrogen) atoms. The van der Waals surface area contributed by atoms with Gasteiger partial charge in [-0.2, -0.15) is 0 Å². The summed E-state index contributed by atoms with van der Waals surface area (Å²) in [5, 5.41) is 0.283. The van der Waals surface area contributed by atoms with Crippen molar-refractivity contribution in [2.75, 3.05) is 18.0 Å². The van der Waals surface area contributed by atoms with Crippen molar-refractivity contribution < 1.29 is 13.6 Å². The number of aromatic nitrogens is 2. The first-order valence-electron chi connectivity index (χ1n) is 14.2. The van der Waals surface area contributed by atoms with Crippen molar-refractivity contribution in [1.82, 2.24) is 9.55 Å². The second-order valence-corrected chi connectivity index (χ2v) is 12.4. The van der Waals surface area contributed by atoms with Gasteiger partial charge in [-0.3, -0.25) is 14.2 Å². The molecule has 0 amide bonds. The molecular formula is C31H33F2N3O2. The second kappa shape index (κ2) is 8.99. The van der Waals surface area contributed by atoms with Crippen LogP contribution in [0.5, 0.6) is 0 Å². The predicted octanol–water partition coefficient (Wildman–Crippen LogP) is 6.44. The lowest BCUT2D eigenvalue weighted by molar-refractivity contribution is -0.0524. The summed E-state index contributed by atoms with van der Waals surface area (Å²) in [6.07, 6.45) is 12.2. The highest BCUT2D eigenvalue weighted by atomic mass is 19.1. The van der Waals surface area contributed by atoms with Gasteiger partial charge in [0.2, 0.25) is 5.43 Å². The molecule has 3 heterocycles. The molecule has 0 unspecified atom stereocenters. The van der Waals surface area contributed by atoms with Crippen LogP contribution in [0.2, 0.25) is 0 Å². The van der Waals surface area contributed by atoms with Gasteiger partial charge in [0.1, 0.15) is 17.5 Å². The number of pyridine rings is 2. The molecule has 0 radical (unpaired) electrons. The third-order valence-electron chi connectivity index (χ3n) is 9.69. The fraction of sp³-hybridized carbons (Fsp3) is 0.516. The predicted molar refractivity (Wildman–Crippen MR) is 143 cm³/mol. The van der Waals surface area contributed by atoms with Gasteiger partial charge >= 0.3 is 0 Å². The standard InChI is InChI=1S/C31H33F2N3O2/c32-22-4-6-26(25(33)13-22)36-18-24(27(37)17-31-14-19-10-20(15-31)12-21(11-19)16-31)29(38)23-5-7-28(34-30(23)36)35-8-2-1-3-9-35/h4-7,13,18-21H,1-3,8-12,14-17H2. The van der Waals surface area contributed by atoms with Crippen LogP contribution in [-0.4, -0.2) is 28.4 Å². The molecule has 4 aliphatic carbocycles. The van der Waals surface area contributed by atoms with Gasteiger partial charge in [0, 0.05) is 31.8 Å². The normalized spacial score (nSPS) is 28.3. The Kier molecular flexibility index (Phi) is 5.68. The van der Waals surface area contributed by atoms with E-state index in [1.807, 2.05) is 6.07 Å². The summed E-state index contributed by atoms with van der Waals surface area (Å²) in [6.45, 7) is 1.74. The lowest BCUT2D eigenvalue weighted by Gasteiger charge is -2.56. The van der Waals surface area contributed by atoms with Crippen LogP contribution in [0.1, 0.15) is 74.6 Å². The van der Waals surface area contributed by atoms with Crippen molar-refractivity contribution in [3.05, 3.63) is 63.9 Å². The van der Waals surface area contributed by atoms with Gasteiger partial charge in [-0.1, -0.05) is 0 Å². The van der Waals surface area contributed by atoms with E-state index in [4.69, 9.17) is 4.98 Å². The summed E-state index contributed by atoms with van der Waals surface area (Å²) in [6, 6.07) is 6.90. The second-order valence-electron chi connectivity index (χ2n) is 12.4. The monoisotopic (exact) mass is 517 g/mol. The maximum Gasteiger partial charge on any atom is 0.201 e. The van der Waals surface area contributed by atoms with E-state index in [9.17, 15) is 14.0 Å². The molecule has 0 N–H and O–H groups in total. The Labute approximate surface area is 220 Å². The van der Waals surface area contributed by atoms with E-state index in [0.717, 1.165) is 57.1 Å². The van der Waals surface area contributed by atoms with E-state index in [1.54, 1.807) is 6.07 Å². The lowest BCUT2D eigenvalue weighted by Crippen LogP contribution is -2.47. The summed E-state index contributed by atoms with van der Waals surface area (Å²) in [4.78, 5) is 34.5. The van der Waals surface area contributed by atoms with Gasteiger partial charge in [0.05, 0.1) is 16.6 Å². The van der Waals surface area contributed by atoms with Crippen molar-refractivity contribution >= 4 is 22.6 Å². The lowest BCUT2D eigenvalue weighted by atomic mass is 9.48. The minimum atomic E-state index is -0.764. The average Bonchev–Trinajstić information content (AvgIpc) is 2.88.